The fraction of sp³-hybridized carbons (Fsp3) is 0.308. The maximum atomic E-state index is 11.2. The normalized spacial score (nSPS) is 10.7. The predicted molar refractivity (Wildman–Crippen MR) is 73.5 cm³/mol. The lowest BCUT2D eigenvalue weighted by atomic mass is 10.1. The number of anilines is 1. The standard InChI is InChI=1S/C13H15N3O3/c1-9-3-4-11-10(12(9)16(18)19)5-6-14-13(11)15(2)7-8-17/h3-6,17H,7-8H2,1-2H3. The summed E-state index contributed by atoms with van der Waals surface area (Å²) in [4.78, 5) is 16.8. The number of nitrogens with zero attached hydrogens (tertiary/aromatic N) is 3. The number of fused-ring (bicyclic) bond motifs is 1. The number of benzene rings is 1. The van der Waals surface area contributed by atoms with Gasteiger partial charge in [0, 0.05) is 30.7 Å². The number of hydrogen-bond acceptors (Lipinski definition) is 5. The van der Waals surface area contributed by atoms with Gasteiger partial charge in [-0.2, -0.15) is 0 Å². The molecule has 1 N–H and O–H groups in total. The van der Waals surface area contributed by atoms with Gasteiger partial charge < -0.3 is 10.0 Å². The Bertz CT molecular complexity index is 628. The van der Waals surface area contributed by atoms with Crippen LogP contribution in [0.15, 0.2) is 24.4 Å². The van der Waals surface area contributed by atoms with Crippen molar-refractivity contribution in [3.8, 4) is 0 Å². The van der Waals surface area contributed by atoms with Crippen LogP contribution in [0, 0.1) is 17.0 Å². The molecule has 0 saturated heterocycles. The van der Waals surface area contributed by atoms with Crippen LogP contribution in [0.3, 0.4) is 0 Å². The van der Waals surface area contributed by atoms with E-state index in [2.05, 4.69) is 4.98 Å². The maximum Gasteiger partial charge on any atom is 0.280 e. The SMILES string of the molecule is Cc1ccc2c(N(C)CCO)nccc2c1[N+](=O)[O-]. The number of likely N-dealkylation sites (N-methyl/N-ethyl adjacent to an activating group) is 1. The number of pyridine rings is 1. The smallest absolute Gasteiger partial charge is 0.280 e. The molecule has 0 atom stereocenters. The predicted octanol–water partition coefficient (Wildman–Crippen LogP) is 1.88. The highest BCUT2D eigenvalue weighted by molar-refractivity contribution is 5.98. The monoisotopic (exact) mass is 261 g/mol. The summed E-state index contributed by atoms with van der Waals surface area (Å²) in [6.45, 7) is 2.14. The second kappa shape index (κ2) is 5.19. The molecule has 19 heavy (non-hydrogen) atoms. The van der Waals surface area contributed by atoms with E-state index in [-0.39, 0.29) is 17.2 Å². The Hall–Kier alpha value is -2.21. The van der Waals surface area contributed by atoms with E-state index in [0.29, 0.717) is 23.3 Å². The van der Waals surface area contributed by atoms with Gasteiger partial charge in [-0.3, -0.25) is 10.1 Å². The molecule has 6 heteroatoms. The fourth-order valence-corrected chi connectivity index (χ4v) is 2.14. The number of nitro benzene ring substituents is 1. The van der Waals surface area contributed by atoms with Gasteiger partial charge in [-0.15, -0.1) is 0 Å². The van der Waals surface area contributed by atoms with Crippen molar-refractivity contribution < 1.29 is 10.0 Å². The van der Waals surface area contributed by atoms with Gasteiger partial charge >= 0.3 is 0 Å². The summed E-state index contributed by atoms with van der Waals surface area (Å²) in [5.41, 5.74) is 0.734. The Labute approximate surface area is 110 Å². The van der Waals surface area contributed by atoms with Gasteiger partial charge in [0.1, 0.15) is 5.82 Å². The van der Waals surface area contributed by atoms with Crippen LogP contribution in [0.4, 0.5) is 11.5 Å². The summed E-state index contributed by atoms with van der Waals surface area (Å²) < 4.78 is 0. The Kier molecular flexibility index (Phi) is 3.62. The van der Waals surface area contributed by atoms with E-state index in [0.717, 1.165) is 5.39 Å². The van der Waals surface area contributed by atoms with Gasteiger partial charge in [0.2, 0.25) is 0 Å². The van der Waals surface area contributed by atoms with Gasteiger partial charge in [-0.05, 0) is 19.1 Å². The molecule has 1 aromatic heterocycles. The highest BCUT2D eigenvalue weighted by Crippen LogP contribution is 2.33. The molecule has 2 rings (SSSR count). The molecule has 0 radical (unpaired) electrons. The summed E-state index contributed by atoms with van der Waals surface area (Å²) in [5, 5.41) is 21.4. The molecule has 2 aromatic rings. The lowest BCUT2D eigenvalue weighted by molar-refractivity contribution is -0.383. The van der Waals surface area contributed by atoms with Gasteiger partial charge in [0.05, 0.1) is 16.9 Å². The topological polar surface area (TPSA) is 79.5 Å². The van der Waals surface area contributed by atoms with Crippen LogP contribution in [0.5, 0.6) is 0 Å². The second-order valence-corrected chi connectivity index (χ2v) is 4.36. The Morgan fingerprint density at radius 2 is 2.11 bits per heavy atom. The second-order valence-electron chi connectivity index (χ2n) is 4.36. The molecule has 0 fully saturated rings. The third-order valence-corrected chi connectivity index (χ3v) is 3.08. The highest BCUT2D eigenvalue weighted by Gasteiger charge is 2.18. The van der Waals surface area contributed by atoms with Crippen LogP contribution >= 0.6 is 0 Å². The fourth-order valence-electron chi connectivity index (χ4n) is 2.14. The van der Waals surface area contributed by atoms with Gasteiger partial charge in [0.25, 0.3) is 5.69 Å². The van der Waals surface area contributed by atoms with Crippen molar-refractivity contribution in [3.63, 3.8) is 0 Å². The van der Waals surface area contributed by atoms with E-state index in [1.165, 1.54) is 0 Å². The van der Waals surface area contributed by atoms with Gasteiger partial charge in [0.15, 0.2) is 0 Å². The van der Waals surface area contributed by atoms with Crippen molar-refractivity contribution in [1.29, 1.82) is 0 Å². The Morgan fingerprint density at radius 3 is 2.74 bits per heavy atom. The Morgan fingerprint density at radius 1 is 1.37 bits per heavy atom. The lowest BCUT2D eigenvalue weighted by Gasteiger charge is -2.18. The van der Waals surface area contributed by atoms with Crippen molar-refractivity contribution in [2.24, 2.45) is 0 Å². The first kappa shape index (κ1) is 13.2. The lowest BCUT2D eigenvalue weighted by Crippen LogP contribution is -2.22. The van der Waals surface area contributed by atoms with Crippen molar-refractivity contribution in [2.45, 2.75) is 6.92 Å². The number of hydrogen-bond donors (Lipinski definition) is 1. The minimum Gasteiger partial charge on any atom is -0.395 e. The summed E-state index contributed by atoms with van der Waals surface area (Å²) in [7, 11) is 1.80. The summed E-state index contributed by atoms with van der Waals surface area (Å²) in [5.74, 6) is 0.634. The molecule has 1 heterocycles. The average Bonchev–Trinajstić information content (AvgIpc) is 2.37. The molecule has 0 spiro atoms. The summed E-state index contributed by atoms with van der Waals surface area (Å²) in [6.07, 6.45) is 1.55. The number of nitro groups is 1. The molecule has 1 aromatic carbocycles. The van der Waals surface area contributed by atoms with Crippen LogP contribution in [-0.2, 0) is 0 Å². The largest absolute Gasteiger partial charge is 0.395 e. The summed E-state index contributed by atoms with van der Waals surface area (Å²) in [6, 6.07) is 5.20. The van der Waals surface area contributed by atoms with Crippen LogP contribution in [-0.4, -0.2) is 35.2 Å². The quantitative estimate of drug-likeness (QED) is 0.671. The third-order valence-electron chi connectivity index (χ3n) is 3.08. The van der Waals surface area contributed by atoms with Crippen molar-refractivity contribution >= 4 is 22.3 Å². The molecule has 0 saturated carbocycles. The zero-order valence-electron chi connectivity index (χ0n) is 10.8. The number of aliphatic hydroxyl groups is 1. The molecule has 6 nitrogen and oxygen atoms in total. The molecule has 0 aliphatic rings. The molecular formula is C13H15N3O3. The number of aliphatic hydroxyl groups excluding tert-OH is 1. The molecule has 0 aliphatic heterocycles. The van der Waals surface area contributed by atoms with Crippen molar-refractivity contribution in [1.82, 2.24) is 4.98 Å². The number of aryl methyl sites for hydroxylation is 1. The molecule has 0 bridgehead atoms. The van der Waals surface area contributed by atoms with Crippen LogP contribution < -0.4 is 4.90 Å². The van der Waals surface area contributed by atoms with Crippen molar-refractivity contribution in [2.75, 3.05) is 25.1 Å². The van der Waals surface area contributed by atoms with E-state index < -0.39 is 0 Å². The molecule has 0 unspecified atom stereocenters. The molecular weight excluding hydrogens is 246 g/mol. The third kappa shape index (κ3) is 2.34. The zero-order valence-corrected chi connectivity index (χ0v) is 10.8. The molecule has 0 aliphatic carbocycles. The highest BCUT2D eigenvalue weighted by atomic mass is 16.6. The molecule has 100 valence electrons. The van der Waals surface area contributed by atoms with E-state index in [1.807, 2.05) is 6.07 Å². The maximum absolute atomic E-state index is 11.2. The summed E-state index contributed by atoms with van der Waals surface area (Å²) >= 11 is 0. The Balaban J connectivity index is 2.70. The van der Waals surface area contributed by atoms with Crippen LogP contribution in [0.1, 0.15) is 5.56 Å². The minimum atomic E-state index is -0.368. The van der Waals surface area contributed by atoms with Gasteiger partial charge in [-0.25, -0.2) is 4.98 Å². The average molecular weight is 261 g/mol. The van der Waals surface area contributed by atoms with Crippen LogP contribution in [0.2, 0.25) is 0 Å². The zero-order chi connectivity index (χ0) is 14.0. The van der Waals surface area contributed by atoms with E-state index >= 15 is 0 Å². The number of rotatable bonds is 4. The molecule has 0 amide bonds. The van der Waals surface area contributed by atoms with Crippen molar-refractivity contribution in [3.05, 3.63) is 40.1 Å². The van der Waals surface area contributed by atoms with E-state index in [9.17, 15) is 10.1 Å². The van der Waals surface area contributed by atoms with Crippen LogP contribution in [0.25, 0.3) is 10.8 Å². The van der Waals surface area contributed by atoms with E-state index in [1.54, 1.807) is 37.2 Å². The van der Waals surface area contributed by atoms with E-state index in [4.69, 9.17) is 5.11 Å². The first-order valence-electron chi connectivity index (χ1n) is 5.91. The van der Waals surface area contributed by atoms with Gasteiger partial charge in [-0.1, -0.05) is 6.07 Å². The first-order chi connectivity index (χ1) is 9.06. The minimum absolute atomic E-state index is 0.00250. The first-order valence-corrected chi connectivity index (χ1v) is 5.91. The number of aromatic nitrogens is 1.